The fourth-order valence-corrected chi connectivity index (χ4v) is 2.86. The van der Waals surface area contributed by atoms with Crippen LogP contribution in [-0.2, 0) is 0 Å². The van der Waals surface area contributed by atoms with Gasteiger partial charge in [0, 0.05) is 17.0 Å². The summed E-state index contributed by atoms with van der Waals surface area (Å²) < 4.78 is 27.2. The van der Waals surface area contributed by atoms with Gasteiger partial charge in [0.2, 0.25) is 0 Å². The first kappa shape index (κ1) is 15.0. The molecule has 1 amide bonds. The van der Waals surface area contributed by atoms with E-state index >= 15 is 0 Å². The fourth-order valence-electron chi connectivity index (χ4n) is 2.74. The summed E-state index contributed by atoms with van der Waals surface area (Å²) in [6, 6.07) is 10.7. The lowest BCUT2D eigenvalue weighted by Crippen LogP contribution is -2.45. The predicted molar refractivity (Wildman–Crippen MR) is 81.0 cm³/mol. The van der Waals surface area contributed by atoms with Gasteiger partial charge < -0.3 is 5.32 Å². The highest BCUT2D eigenvalue weighted by Crippen LogP contribution is 2.37. The number of hydrogen-bond donors (Lipinski definition) is 1. The van der Waals surface area contributed by atoms with Crippen LogP contribution in [0, 0.1) is 11.6 Å². The van der Waals surface area contributed by atoms with E-state index < -0.39 is 23.1 Å². The highest BCUT2D eigenvalue weighted by molar-refractivity contribution is 6.30. The van der Waals surface area contributed by atoms with E-state index in [2.05, 4.69) is 5.32 Å². The van der Waals surface area contributed by atoms with Gasteiger partial charge in [-0.05, 0) is 42.7 Å². The van der Waals surface area contributed by atoms with Crippen LogP contribution < -0.4 is 5.32 Å². The number of carbonyl (C=O) groups is 1. The second kappa shape index (κ2) is 6.05. The normalized spacial score (nSPS) is 20.3. The van der Waals surface area contributed by atoms with Gasteiger partial charge in [-0.1, -0.05) is 29.8 Å². The predicted octanol–water partition coefficient (Wildman–Crippen LogP) is 4.29. The molecule has 0 unspecified atom stereocenters. The first-order valence-electron chi connectivity index (χ1n) is 7.06. The molecule has 2 atom stereocenters. The summed E-state index contributed by atoms with van der Waals surface area (Å²) in [5.74, 6) is -2.25. The zero-order valence-electron chi connectivity index (χ0n) is 11.7. The van der Waals surface area contributed by atoms with E-state index in [1.165, 1.54) is 6.07 Å². The average Bonchev–Trinajstić information content (AvgIpc) is 2.46. The Hall–Kier alpha value is -1.94. The molecule has 114 valence electrons. The van der Waals surface area contributed by atoms with Crippen LogP contribution in [0.3, 0.4) is 0 Å². The Bertz CT molecular complexity index is 682. The molecule has 2 aromatic carbocycles. The number of benzene rings is 2. The van der Waals surface area contributed by atoms with Crippen molar-refractivity contribution in [2.24, 2.45) is 0 Å². The number of halogens is 3. The minimum Gasteiger partial charge on any atom is -0.349 e. The summed E-state index contributed by atoms with van der Waals surface area (Å²) in [6.45, 7) is 0. The molecule has 3 rings (SSSR count). The Morgan fingerprint density at radius 1 is 1.05 bits per heavy atom. The molecule has 1 aliphatic carbocycles. The number of rotatable bonds is 3. The lowest BCUT2D eigenvalue weighted by Gasteiger charge is -2.37. The van der Waals surface area contributed by atoms with Crippen molar-refractivity contribution in [2.45, 2.75) is 24.8 Å². The van der Waals surface area contributed by atoms with Gasteiger partial charge in [-0.3, -0.25) is 4.79 Å². The molecule has 2 aromatic rings. The lowest BCUT2D eigenvalue weighted by molar-refractivity contribution is 0.0896. The minimum absolute atomic E-state index is 0.118. The topological polar surface area (TPSA) is 29.1 Å². The lowest BCUT2D eigenvalue weighted by atomic mass is 9.75. The fraction of sp³-hybridized carbons (Fsp3) is 0.235. The zero-order valence-corrected chi connectivity index (χ0v) is 12.4. The van der Waals surface area contributed by atoms with Crippen LogP contribution in [0.2, 0.25) is 5.02 Å². The van der Waals surface area contributed by atoms with Crippen LogP contribution in [0.25, 0.3) is 0 Å². The van der Waals surface area contributed by atoms with Crippen LogP contribution >= 0.6 is 11.6 Å². The Labute approximate surface area is 132 Å². The van der Waals surface area contributed by atoms with Gasteiger partial charge in [0.25, 0.3) is 5.91 Å². The van der Waals surface area contributed by atoms with Crippen molar-refractivity contribution in [3.8, 4) is 0 Å². The molecule has 0 aromatic heterocycles. The number of hydrogen-bond acceptors (Lipinski definition) is 1. The maximum atomic E-state index is 13.6. The number of carbonyl (C=O) groups excluding carboxylic acids is 1. The first-order chi connectivity index (χ1) is 10.6. The molecule has 22 heavy (non-hydrogen) atoms. The molecule has 0 radical (unpaired) electrons. The maximum Gasteiger partial charge on any atom is 0.257 e. The molecule has 0 aliphatic heterocycles. The van der Waals surface area contributed by atoms with E-state index in [4.69, 9.17) is 11.6 Å². The average molecular weight is 322 g/mol. The van der Waals surface area contributed by atoms with Gasteiger partial charge in [-0.15, -0.1) is 0 Å². The third-order valence-electron chi connectivity index (χ3n) is 4.08. The largest absolute Gasteiger partial charge is 0.349 e. The van der Waals surface area contributed by atoms with Crippen molar-refractivity contribution in [2.75, 3.05) is 0 Å². The standard InChI is InChI=1S/C17H14ClF2NO/c18-11-6-4-10(5-7-11)12-8-9-15(12)21-17(22)16-13(19)2-1-3-14(16)20/h1-7,12,15H,8-9H2,(H,21,22)/t12-,15-/m1/s1. The zero-order chi connectivity index (χ0) is 15.7. The summed E-state index contributed by atoms with van der Waals surface area (Å²) >= 11 is 5.86. The Kier molecular flexibility index (Phi) is 4.12. The van der Waals surface area contributed by atoms with Gasteiger partial charge >= 0.3 is 0 Å². The summed E-state index contributed by atoms with van der Waals surface area (Å²) in [6.07, 6.45) is 1.71. The van der Waals surface area contributed by atoms with Crippen LogP contribution in [0.5, 0.6) is 0 Å². The van der Waals surface area contributed by atoms with Crippen LogP contribution in [-0.4, -0.2) is 11.9 Å². The summed E-state index contributed by atoms with van der Waals surface area (Å²) in [4.78, 5) is 12.1. The summed E-state index contributed by atoms with van der Waals surface area (Å²) in [5.41, 5.74) is 0.541. The number of nitrogens with one attached hydrogen (secondary N) is 1. The Balaban J connectivity index is 1.73. The van der Waals surface area contributed by atoms with E-state index in [1.54, 1.807) is 12.1 Å². The van der Waals surface area contributed by atoms with Crippen molar-refractivity contribution in [1.82, 2.24) is 5.32 Å². The summed E-state index contributed by atoms with van der Waals surface area (Å²) in [7, 11) is 0. The molecule has 5 heteroatoms. The van der Waals surface area contributed by atoms with Crippen molar-refractivity contribution >= 4 is 17.5 Å². The highest BCUT2D eigenvalue weighted by atomic mass is 35.5. The Morgan fingerprint density at radius 3 is 2.23 bits per heavy atom. The molecule has 1 aliphatic rings. The molecular formula is C17H14ClF2NO. The third kappa shape index (κ3) is 2.83. The molecular weight excluding hydrogens is 308 g/mol. The van der Waals surface area contributed by atoms with E-state index in [1.807, 2.05) is 12.1 Å². The van der Waals surface area contributed by atoms with Gasteiger partial charge in [-0.2, -0.15) is 0 Å². The highest BCUT2D eigenvalue weighted by Gasteiger charge is 2.34. The third-order valence-corrected chi connectivity index (χ3v) is 4.33. The van der Waals surface area contributed by atoms with Crippen LogP contribution in [0.15, 0.2) is 42.5 Å². The minimum atomic E-state index is -0.847. The van der Waals surface area contributed by atoms with E-state index in [-0.39, 0.29) is 12.0 Å². The SMILES string of the molecule is O=C(N[C@@H]1CC[C@@H]1c1ccc(Cl)cc1)c1c(F)cccc1F. The van der Waals surface area contributed by atoms with Crippen molar-refractivity contribution in [3.05, 3.63) is 70.2 Å². The quantitative estimate of drug-likeness (QED) is 0.897. The number of amides is 1. The van der Waals surface area contributed by atoms with E-state index in [0.717, 1.165) is 30.5 Å². The second-order valence-corrected chi connectivity index (χ2v) is 5.85. The van der Waals surface area contributed by atoms with Gasteiger partial charge in [0.15, 0.2) is 0 Å². The monoisotopic (exact) mass is 321 g/mol. The molecule has 0 saturated heterocycles. The molecule has 1 N–H and O–H groups in total. The van der Waals surface area contributed by atoms with E-state index in [0.29, 0.717) is 5.02 Å². The molecule has 1 fully saturated rings. The molecule has 2 nitrogen and oxygen atoms in total. The molecule has 1 saturated carbocycles. The van der Waals surface area contributed by atoms with Crippen molar-refractivity contribution < 1.29 is 13.6 Å². The van der Waals surface area contributed by atoms with Gasteiger partial charge in [0.05, 0.1) is 0 Å². The second-order valence-electron chi connectivity index (χ2n) is 5.41. The van der Waals surface area contributed by atoms with Crippen molar-refractivity contribution in [3.63, 3.8) is 0 Å². The molecule has 0 spiro atoms. The van der Waals surface area contributed by atoms with Gasteiger partial charge in [-0.25, -0.2) is 8.78 Å². The van der Waals surface area contributed by atoms with Crippen LogP contribution in [0.1, 0.15) is 34.7 Å². The van der Waals surface area contributed by atoms with Gasteiger partial charge in [0.1, 0.15) is 17.2 Å². The molecule has 0 bridgehead atoms. The first-order valence-corrected chi connectivity index (χ1v) is 7.44. The molecule has 0 heterocycles. The smallest absolute Gasteiger partial charge is 0.257 e. The van der Waals surface area contributed by atoms with E-state index in [9.17, 15) is 13.6 Å². The Morgan fingerprint density at radius 2 is 1.68 bits per heavy atom. The summed E-state index contributed by atoms with van der Waals surface area (Å²) in [5, 5.41) is 3.38. The van der Waals surface area contributed by atoms with Crippen LogP contribution in [0.4, 0.5) is 8.78 Å². The maximum absolute atomic E-state index is 13.6. The van der Waals surface area contributed by atoms with Crippen molar-refractivity contribution in [1.29, 1.82) is 0 Å².